The van der Waals surface area contributed by atoms with Crippen molar-refractivity contribution < 1.29 is 9.21 Å². The van der Waals surface area contributed by atoms with E-state index in [-0.39, 0.29) is 11.8 Å². The van der Waals surface area contributed by atoms with E-state index in [1.165, 1.54) is 0 Å². The molecule has 1 atom stereocenters. The number of rotatable bonds is 4. The van der Waals surface area contributed by atoms with Crippen molar-refractivity contribution in [3.8, 4) is 0 Å². The van der Waals surface area contributed by atoms with E-state index in [0.29, 0.717) is 17.3 Å². The summed E-state index contributed by atoms with van der Waals surface area (Å²) < 4.78 is 5.59. The average Bonchev–Trinajstić information content (AvgIpc) is 2.80. The van der Waals surface area contributed by atoms with Crippen LogP contribution in [0.25, 0.3) is 11.0 Å². The van der Waals surface area contributed by atoms with E-state index >= 15 is 0 Å². The minimum Gasteiger partial charge on any atom is -0.451 e. The Balaban J connectivity index is 2.20. The van der Waals surface area contributed by atoms with E-state index in [4.69, 9.17) is 22.4 Å². The number of carbonyl (C=O) groups excluding carboxylic acids is 1. The molecule has 0 saturated carbocycles. The lowest BCUT2D eigenvalue weighted by Crippen LogP contribution is -2.35. The van der Waals surface area contributed by atoms with Gasteiger partial charge in [0, 0.05) is 24.9 Å². The number of fused-ring (bicyclic) bond motifs is 1. The molecule has 0 radical (unpaired) electrons. The van der Waals surface area contributed by atoms with Gasteiger partial charge >= 0.3 is 0 Å². The summed E-state index contributed by atoms with van der Waals surface area (Å²) >= 11 is 4.92. The van der Waals surface area contributed by atoms with E-state index in [9.17, 15) is 4.79 Å². The van der Waals surface area contributed by atoms with E-state index in [0.717, 1.165) is 16.5 Å². The lowest BCUT2D eigenvalue weighted by atomic mass is 10.1. The molecule has 1 aromatic carbocycles. The molecule has 2 N–H and O–H groups in total. The second-order valence-corrected chi connectivity index (χ2v) is 5.61. The first-order valence-corrected chi connectivity index (χ1v) is 6.84. The van der Waals surface area contributed by atoms with Crippen LogP contribution in [0.4, 0.5) is 0 Å². The maximum Gasteiger partial charge on any atom is 0.289 e. The Morgan fingerprint density at radius 1 is 1.45 bits per heavy atom. The molecule has 1 amide bonds. The van der Waals surface area contributed by atoms with Crippen LogP contribution in [0, 0.1) is 12.8 Å². The monoisotopic (exact) mass is 290 g/mol. The van der Waals surface area contributed by atoms with Crippen molar-refractivity contribution in [1.29, 1.82) is 0 Å². The summed E-state index contributed by atoms with van der Waals surface area (Å²) in [7, 11) is 1.72. The molecule has 1 unspecified atom stereocenters. The topological polar surface area (TPSA) is 59.5 Å². The Morgan fingerprint density at radius 2 is 2.15 bits per heavy atom. The number of hydrogen-bond donors (Lipinski definition) is 1. The number of carbonyl (C=O) groups is 1. The fourth-order valence-corrected chi connectivity index (χ4v) is 2.11. The normalized spacial score (nSPS) is 12.3. The zero-order chi connectivity index (χ0) is 14.9. The largest absolute Gasteiger partial charge is 0.451 e. The Kier molecular flexibility index (Phi) is 4.09. The average molecular weight is 290 g/mol. The molecule has 1 aromatic heterocycles. The maximum atomic E-state index is 12.3. The quantitative estimate of drug-likeness (QED) is 0.880. The van der Waals surface area contributed by atoms with E-state index in [1.54, 1.807) is 18.0 Å². The van der Waals surface area contributed by atoms with Crippen molar-refractivity contribution in [2.75, 3.05) is 13.6 Å². The first-order valence-electron chi connectivity index (χ1n) is 6.43. The molecule has 0 bridgehead atoms. The van der Waals surface area contributed by atoms with Gasteiger partial charge in [0.15, 0.2) is 5.76 Å². The molecular formula is C15H18N2O2S. The zero-order valence-electron chi connectivity index (χ0n) is 11.8. The van der Waals surface area contributed by atoms with Crippen molar-refractivity contribution in [3.05, 3.63) is 35.6 Å². The summed E-state index contributed by atoms with van der Waals surface area (Å²) in [4.78, 5) is 14.3. The molecule has 0 aliphatic carbocycles. The van der Waals surface area contributed by atoms with Gasteiger partial charge in [-0.3, -0.25) is 4.79 Å². The Morgan fingerprint density at radius 3 is 2.80 bits per heavy atom. The molecule has 5 heteroatoms. The first-order chi connectivity index (χ1) is 9.38. The van der Waals surface area contributed by atoms with Crippen LogP contribution < -0.4 is 5.73 Å². The van der Waals surface area contributed by atoms with Gasteiger partial charge in [-0.25, -0.2) is 0 Å². The standard InChI is InChI=1S/C15H18N2O2S/c1-9-4-5-12-11(6-9)7-13(19-12)15(18)17(3)8-10(2)14(16)20/h4-7,10H,8H2,1-3H3,(H2,16,20). The van der Waals surface area contributed by atoms with Crippen LogP contribution in [-0.2, 0) is 0 Å². The summed E-state index contributed by atoms with van der Waals surface area (Å²) in [5.74, 6) is 0.149. The molecule has 4 nitrogen and oxygen atoms in total. The van der Waals surface area contributed by atoms with Crippen molar-refractivity contribution in [3.63, 3.8) is 0 Å². The summed E-state index contributed by atoms with van der Waals surface area (Å²) in [5.41, 5.74) is 7.42. The van der Waals surface area contributed by atoms with E-state index in [1.807, 2.05) is 32.0 Å². The van der Waals surface area contributed by atoms with Crippen molar-refractivity contribution >= 4 is 34.1 Å². The van der Waals surface area contributed by atoms with E-state index < -0.39 is 0 Å². The molecule has 2 rings (SSSR count). The highest BCUT2D eigenvalue weighted by Gasteiger charge is 2.19. The van der Waals surface area contributed by atoms with E-state index in [2.05, 4.69) is 0 Å². The van der Waals surface area contributed by atoms with Gasteiger partial charge in [-0.2, -0.15) is 0 Å². The predicted octanol–water partition coefficient (Wildman–Crippen LogP) is 2.74. The third-order valence-electron chi connectivity index (χ3n) is 3.26. The highest BCUT2D eigenvalue weighted by atomic mass is 32.1. The second kappa shape index (κ2) is 5.63. The van der Waals surface area contributed by atoms with Gasteiger partial charge in [0.1, 0.15) is 5.58 Å². The number of benzene rings is 1. The molecule has 0 aliphatic heterocycles. The summed E-state index contributed by atoms with van der Waals surface area (Å²) in [6, 6.07) is 7.59. The molecule has 2 aromatic rings. The van der Waals surface area contributed by atoms with Gasteiger partial charge in [-0.1, -0.05) is 30.8 Å². The third kappa shape index (κ3) is 2.99. The molecule has 0 spiro atoms. The maximum absolute atomic E-state index is 12.3. The van der Waals surface area contributed by atoms with Gasteiger partial charge in [0.2, 0.25) is 0 Å². The van der Waals surface area contributed by atoms with Gasteiger partial charge in [0.05, 0.1) is 4.99 Å². The van der Waals surface area contributed by atoms with Crippen molar-refractivity contribution in [2.24, 2.45) is 11.7 Å². The summed E-state index contributed by atoms with van der Waals surface area (Å²) in [6.45, 7) is 4.38. The number of thiocarbonyl (C=S) groups is 1. The van der Waals surface area contributed by atoms with Crippen molar-refractivity contribution in [1.82, 2.24) is 4.90 Å². The fraction of sp³-hybridized carbons (Fsp3) is 0.333. The second-order valence-electron chi connectivity index (χ2n) is 5.14. The Bertz CT molecular complexity index is 663. The number of nitrogens with zero attached hydrogens (tertiary/aromatic N) is 1. The van der Waals surface area contributed by atoms with Gasteiger partial charge in [0.25, 0.3) is 5.91 Å². The van der Waals surface area contributed by atoms with Crippen LogP contribution >= 0.6 is 12.2 Å². The number of amides is 1. The minimum atomic E-state index is -0.165. The molecule has 20 heavy (non-hydrogen) atoms. The Labute approximate surface area is 123 Å². The highest BCUT2D eigenvalue weighted by Crippen LogP contribution is 2.21. The molecule has 1 heterocycles. The van der Waals surface area contributed by atoms with Gasteiger partial charge in [-0.15, -0.1) is 0 Å². The molecule has 0 fully saturated rings. The number of nitrogens with two attached hydrogens (primary N) is 1. The predicted molar refractivity (Wildman–Crippen MR) is 83.9 cm³/mol. The lowest BCUT2D eigenvalue weighted by molar-refractivity contribution is 0.0758. The molecule has 106 valence electrons. The van der Waals surface area contributed by atoms with Crippen LogP contribution in [0.1, 0.15) is 23.0 Å². The number of furan rings is 1. The first kappa shape index (κ1) is 14.5. The fourth-order valence-electron chi connectivity index (χ4n) is 2.04. The van der Waals surface area contributed by atoms with Gasteiger partial charge in [-0.05, 0) is 25.1 Å². The highest BCUT2D eigenvalue weighted by molar-refractivity contribution is 7.80. The van der Waals surface area contributed by atoms with Crippen LogP contribution in [-0.4, -0.2) is 29.4 Å². The van der Waals surface area contributed by atoms with Crippen LogP contribution in [0.2, 0.25) is 0 Å². The number of hydrogen-bond acceptors (Lipinski definition) is 3. The van der Waals surface area contributed by atoms with Crippen molar-refractivity contribution in [2.45, 2.75) is 13.8 Å². The van der Waals surface area contributed by atoms with Crippen LogP contribution in [0.15, 0.2) is 28.7 Å². The van der Waals surface area contributed by atoms with Gasteiger partial charge < -0.3 is 15.1 Å². The summed E-state index contributed by atoms with van der Waals surface area (Å²) in [6.07, 6.45) is 0. The number of aryl methyl sites for hydroxylation is 1. The SMILES string of the molecule is Cc1ccc2oc(C(=O)N(C)CC(C)C(N)=S)cc2c1. The lowest BCUT2D eigenvalue weighted by Gasteiger charge is -2.19. The molecular weight excluding hydrogens is 272 g/mol. The van der Waals surface area contributed by atoms with Crippen LogP contribution in [0.5, 0.6) is 0 Å². The smallest absolute Gasteiger partial charge is 0.289 e. The summed E-state index contributed by atoms with van der Waals surface area (Å²) in [5, 5.41) is 0.934. The Hall–Kier alpha value is -1.88. The molecule has 0 aliphatic rings. The van der Waals surface area contributed by atoms with Crippen LogP contribution in [0.3, 0.4) is 0 Å². The molecule has 0 saturated heterocycles. The zero-order valence-corrected chi connectivity index (χ0v) is 12.7. The third-order valence-corrected chi connectivity index (χ3v) is 3.67. The minimum absolute atomic E-state index is 0.0226.